The van der Waals surface area contributed by atoms with Crippen molar-refractivity contribution in [2.45, 2.75) is 134 Å². The molecule has 1 saturated heterocycles. The molecule has 8 heteroatoms. The number of ether oxygens (including phenoxy) is 1. The Kier molecular flexibility index (Phi) is 21.5. The number of rotatable bonds is 18. The molecule has 0 aromatic rings. The van der Waals surface area contributed by atoms with Crippen LogP contribution in [0.15, 0.2) is 0 Å². The first kappa shape index (κ1) is 31.2. The molecule has 1 aliphatic heterocycles. The molecule has 0 aromatic heterocycles. The standard InChI is InChI=1S/C18H36O3.C6H12O5/c1-2-3-4-5-6-7-8-9-10-11-12-13-14-15-16-17-18(19)21-20;7-1-3(8)6-5(10)4(9)2-11-6/h20H,2-17H2,1H3;3-10H,1-2H2/t;3-,4+,5-,6-/m.1/s1. The van der Waals surface area contributed by atoms with Crippen LogP contribution in [0.25, 0.3) is 0 Å². The summed E-state index contributed by atoms with van der Waals surface area (Å²) in [5.41, 5.74) is 0. The molecule has 8 nitrogen and oxygen atoms in total. The summed E-state index contributed by atoms with van der Waals surface area (Å²) in [5.74, 6) is -0.510. The summed E-state index contributed by atoms with van der Waals surface area (Å²) >= 11 is 0. The molecule has 1 rings (SSSR count). The van der Waals surface area contributed by atoms with Gasteiger partial charge in [-0.05, 0) is 6.42 Å². The van der Waals surface area contributed by atoms with Crippen molar-refractivity contribution in [3.8, 4) is 0 Å². The van der Waals surface area contributed by atoms with Gasteiger partial charge < -0.3 is 30.1 Å². The summed E-state index contributed by atoms with van der Waals surface area (Å²) in [6, 6.07) is 0. The van der Waals surface area contributed by atoms with Crippen LogP contribution in [-0.2, 0) is 14.4 Å². The predicted molar refractivity (Wildman–Crippen MR) is 123 cm³/mol. The van der Waals surface area contributed by atoms with E-state index in [1.807, 2.05) is 0 Å². The molecule has 32 heavy (non-hydrogen) atoms. The van der Waals surface area contributed by atoms with E-state index in [9.17, 15) is 4.79 Å². The highest BCUT2D eigenvalue weighted by Gasteiger charge is 2.38. The molecule has 1 aliphatic rings. The van der Waals surface area contributed by atoms with Crippen molar-refractivity contribution in [1.82, 2.24) is 0 Å². The van der Waals surface area contributed by atoms with Crippen LogP contribution in [0.1, 0.15) is 110 Å². The first-order valence-corrected chi connectivity index (χ1v) is 12.6. The highest BCUT2D eigenvalue weighted by molar-refractivity contribution is 5.68. The van der Waals surface area contributed by atoms with Gasteiger partial charge in [0.2, 0.25) is 0 Å². The monoisotopic (exact) mass is 464 g/mol. The Balaban J connectivity index is 0.000000726. The van der Waals surface area contributed by atoms with Crippen LogP contribution in [0.4, 0.5) is 0 Å². The summed E-state index contributed by atoms with van der Waals surface area (Å²) in [5, 5.41) is 43.6. The minimum Gasteiger partial charge on any atom is -0.394 e. The van der Waals surface area contributed by atoms with Crippen LogP contribution in [0.2, 0.25) is 0 Å². The average Bonchev–Trinajstić information content (AvgIpc) is 3.14. The van der Waals surface area contributed by atoms with Crippen molar-refractivity contribution in [3.05, 3.63) is 0 Å². The molecule has 1 heterocycles. The predicted octanol–water partition coefficient (Wildman–Crippen LogP) is 3.72. The van der Waals surface area contributed by atoms with E-state index in [-0.39, 0.29) is 6.61 Å². The zero-order chi connectivity index (χ0) is 24.0. The number of hydrogen-bond acceptors (Lipinski definition) is 8. The van der Waals surface area contributed by atoms with Crippen molar-refractivity contribution >= 4 is 5.97 Å². The van der Waals surface area contributed by atoms with Gasteiger partial charge in [-0.1, -0.05) is 96.8 Å². The molecule has 0 aliphatic carbocycles. The molecule has 0 spiro atoms. The van der Waals surface area contributed by atoms with Crippen LogP contribution in [0, 0.1) is 0 Å². The number of hydrogen-bond donors (Lipinski definition) is 5. The first-order chi connectivity index (χ1) is 15.5. The lowest BCUT2D eigenvalue weighted by atomic mass is 10.0. The third-order valence-electron chi connectivity index (χ3n) is 5.84. The van der Waals surface area contributed by atoms with Crippen molar-refractivity contribution in [2.75, 3.05) is 13.2 Å². The van der Waals surface area contributed by atoms with Gasteiger partial charge in [-0.15, -0.1) is 0 Å². The Morgan fingerprint density at radius 3 is 1.66 bits per heavy atom. The summed E-state index contributed by atoms with van der Waals surface area (Å²) in [6.07, 6.45) is 16.0. The van der Waals surface area contributed by atoms with Crippen LogP contribution in [0.3, 0.4) is 0 Å². The van der Waals surface area contributed by atoms with Crippen LogP contribution >= 0.6 is 0 Å². The summed E-state index contributed by atoms with van der Waals surface area (Å²) in [6.45, 7) is 1.79. The van der Waals surface area contributed by atoms with Crippen molar-refractivity contribution < 1.29 is 40.1 Å². The first-order valence-electron chi connectivity index (χ1n) is 12.6. The highest BCUT2D eigenvalue weighted by Crippen LogP contribution is 2.17. The molecule has 0 aromatic carbocycles. The molecule has 0 radical (unpaired) electrons. The normalized spacial score (nSPS) is 21.1. The topological polar surface area (TPSA) is 137 Å². The molecule has 0 bridgehead atoms. The van der Waals surface area contributed by atoms with E-state index in [1.165, 1.54) is 83.5 Å². The molecule has 1 fully saturated rings. The van der Waals surface area contributed by atoms with Gasteiger partial charge in [-0.25, -0.2) is 4.79 Å². The Morgan fingerprint density at radius 2 is 1.31 bits per heavy atom. The summed E-state index contributed by atoms with van der Waals surface area (Å²) in [4.78, 5) is 14.3. The molecule has 0 saturated carbocycles. The quantitative estimate of drug-likeness (QED) is 0.118. The third-order valence-corrected chi connectivity index (χ3v) is 5.84. The SMILES string of the molecule is CCCCCCCCCCCCCCCCCC(=O)OO.OC[C@@H](O)[C@H]1OC[C@H](O)[C@H]1O. The summed E-state index contributed by atoms with van der Waals surface area (Å²) < 4.78 is 4.82. The van der Waals surface area contributed by atoms with Gasteiger partial charge in [0, 0.05) is 6.42 Å². The van der Waals surface area contributed by atoms with Gasteiger partial charge in [0.1, 0.15) is 24.4 Å². The lowest BCUT2D eigenvalue weighted by molar-refractivity contribution is -0.234. The van der Waals surface area contributed by atoms with E-state index in [1.54, 1.807) is 0 Å². The van der Waals surface area contributed by atoms with E-state index >= 15 is 0 Å². The fourth-order valence-electron chi connectivity index (χ4n) is 3.75. The molecular weight excluding hydrogens is 416 g/mol. The van der Waals surface area contributed by atoms with Crippen LogP contribution in [0.5, 0.6) is 0 Å². The van der Waals surface area contributed by atoms with Crippen LogP contribution in [-0.4, -0.2) is 69.3 Å². The smallest absolute Gasteiger partial charge is 0.342 e. The maximum atomic E-state index is 10.7. The van der Waals surface area contributed by atoms with Gasteiger partial charge in [0.05, 0.1) is 13.2 Å². The maximum Gasteiger partial charge on any atom is 0.342 e. The van der Waals surface area contributed by atoms with Gasteiger partial charge in [0.15, 0.2) is 0 Å². The molecule has 0 unspecified atom stereocenters. The summed E-state index contributed by atoms with van der Waals surface area (Å²) in [7, 11) is 0. The van der Waals surface area contributed by atoms with Crippen molar-refractivity contribution in [1.29, 1.82) is 0 Å². The number of unbranched alkanes of at least 4 members (excludes halogenated alkanes) is 14. The van der Waals surface area contributed by atoms with Gasteiger partial charge in [-0.2, -0.15) is 5.26 Å². The average molecular weight is 465 g/mol. The molecule has 5 N–H and O–H groups in total. The minimum absolute atomic E-state index is 0.00287. The van der Waals surface area contributed by atoms with E-state index in [2.05, 4.69) is 11.8 Å². The number of carbonyl (C=O) groups excluding carboxylic acids is 1. The van der Waals surface area contributed by atoms with Crippen LogP contribution < -0.4 is 0 Å². The van der Waals surface area contributed by atoms with Gasteiger partial charge in [-0.3, -0.25) is 0 Å². The van der Waals surface area contributed by atoms with E-state index in [0.717, 1.165) is 12.8 Å². The number of aliphatic hydroxyl groups is 4. The molecule has 4 atom stereocenters. The zero-order valence-corrected chi connectivity index (χ0v) is 20.0. The largest absolute Gasteiger partial charge is 0.394 e. The van der Waals surface area contributed by atoms with Crippen molar-refractivity contribution in [2.24, 2.45) is 0 Å². The zero-order valence-electron chi connectivity index (χ0n) is 20.0. The highest BCUT2D eigenvalue weighted by atomic mass is 17.1. The van der Waals surface area contributed by atoms with Gasteiger partial charge >= 0.3 is 5.97 Å². The van der Waals surface area contributed by atoms with Gasteiger partial charge in [0.25, 0.3) is 0 Å². The second-order valence-corrected chi connectivity index (χ2v) is 8.77. The number of aliphatic hydroxyl groups excluding tert-OH is 4. The van der Waals surface area contributed by atoms with E-state index in [0.29, 0.717) is 6.42 Å². The van der Waals surface area contributed by atoms with E-state index in [4.69, 9.17) is 30.4 Å². The van der Waals surface area contributed by atoms with Crippen molar-refractivity contribution in [3.63, 3.8) is 0 Å². The third kappa shape index (κ3) is 16.8. The fourth-order valence-corrected chi connectivity index (χ4v) is 3.75. The lowest BCUT2D eigenvalue weighted by Crippen LogP contribution is -2.40. The Labute approximate surface area is 193 Å². The Morgan fingerprint density at radius 1 is 0.875 bits per heavy atom. The molecular formula is C24H48O8. The fraction of sp³-hybridized carbons (Fsp3) is 0.958. The second kappa shape index (κ2) is 22.0. The minimum atomic E-state index is -1.12. The second-order valence-electron chi connectivity index (χ2n) is 8.77. The Bertz CT molecular complexity index is 421. The number of carbonyl (C=O) groups is 1. The molecule has 0 amide bonds. The van der Waals surface area contributed by atoms with E-state index < -0.39 is 37.0 Å². The lowest BCUT2D eigenvalue weighted by Gasteiger charge is -2.18. The maximum absolute atomic E-state index is 10.7. The Hall–Kier alpha value is -0.770. The molecule has 192 valence electrons.